The molecule has 114 valence electrons. The lowest BCUT2D eigenvalue weighted by Crippen LogP contribution is -2.31. The Bertz CT molecular complexity index is 696. The second-order valence-corrected chi connectivity index (χ2v) is 8.40. The molecule has 0 saturated heterocycles. The third-order valence-corrected chi connectivity index (χ3v) is 6.12. The van der Waals surface area contributed by atoms with Crippen LogP contribution in [0.3, 0.4) is 0 Å². The van der Waals surface area contributed by atoms with Gasteiger partial charge in [0.25, 0.3) is 0 Å². The SMILES string of the molecule is CCN(Cc1ccc(Cl)s1)S(=O)(=O)Cc1ccc(N)cc1. The van der Waals surface area contributed by atoms with E-state index in [1.54, 1.807) is 30.3 Å². The summed E-state index contributed by atoms with van der Waals surface area (Å²) in [6, 6.07) is 10.5. The van der Waals surface area contributed by atoms with Gasteiger partial charge in [0.2, 0.25) is 10.0 Å². The van der Waals surface area contributed by atoms with E-state index in [4.69, 9.17) is 17.3 Å². The zero-order chi connectivity index (χ0) is 15.5. The average Bonchev–Trinajstić information content (AvgIpc) is 2.84. The lowest BCUT2D eigenvalue weighted by Gasteiger charge is -2.19. The number of thiophene rings is 1. The summed E-state index contributed by atoms with van der Waals surface area (Å²) < 4.78 is 27.1. The number of hydrogen-bond acceptors (Lipinski definition) is 4. The molecule has 1 aromatic heterocycles. The Morgan fingerprint density at radius 1 is 1.19 bits per heavy atom. The number of halogens is 1. The van der Waals surface area contributed by atoms with Gasteiger partial charge in [0.05, 0.1) is 10.1 Å². The van der Waals surface area contributed by atoms with Gasteiger partial charge in [-0.05, 0) is 29.8 Å². The highest BCUT2D eigenvalue weighted by atomic mass is 35.5. The predicted molar refractivity (Wildman–Crippen MR) is 88.9 cm³/mol. The van der Waals surface area contributed by atoms with Crippen molar-refractivity contribution in [2.24, 2.45) is 0 Å². The van der Waals surface area contributed by atoms with Crippen LogP contribution >= 0.6 is 22.9 Å². The first-order chi connectivity index (χ1) is 9.90. The number of sulfonamides is 1. The van der Waals surface area contributed by atoms with E-state index in [0.29, 0.717) is 23.1 Å². The van der Waals surface area contributed by atoms with Gasteiger partial charge < -0.3 is 5.73 Å². The Hall–Kier alpha value is -1.08. The summed E-state index contributed by atoms with van der Waals surface area (Å²) in [6.45, 7) is 2.60. The molecule has 0 aliphatic heterocycles. The first-order valence-electron chi connectivity index (χ1n) is 6.47. The van der Waals surface area contributed by atoms with Gasteiger partial charge in [0, 0.05) is 23.7 Å². The summed E-state index contributed by atoms with van der Waals surface area (Å²) in [7, 11) is -3.37. The van der Waals surface area contributed by atoms with E-state index in [2.05, 4.69) is 0 Å². The number of hydrogen-bond donors (Lipinski definition) is 1. The van der Waals surface area contributed by atoms with E-state index < -0.39 is 10.0 Å². The topological polar surface area (TPSA) is 63.4 Å². The summed E-state index contributed by atoms with van der Waals surface area (Å²) in [4.78, 5) is 0.933. The zero-order valence-electron chi connectivity index (χ0n) is 11.6. The van der Waals surface area contributed by atoms with Gasteiger partial charge in [-0.3, -0.25) is 0 Å². The quantitative estimate of drug-likeness (QED) is 0.817. The minimum absolute atomic E-state index is 0.0276. The molecule has 0 aliphatic carbocycles. The molecule has 0 unspecified atom stereocenters. The molecule has 2 rings (SSSR count). The van der Waals surface area contributed by atoms with Crippen LogP contribution in [-0.2, 0) is 22.3 Å². The second-order valence-electron chi connectivity index (χ2n) is 4.63. The van der Waals surface area contributed by atoms with E-state index in [1.807, 2.05) is 13.0 Å². The highest BCUT2D eigenvalue weighted by Crippen LogP contribution is 2.24. The Morgan fingerprint density at radius 2 is 1.86 bits per heavy atom. The third-order valence-electron chi connectivity index (χ3n) is 3.04. The summed E-state index contributed by atoms with van der Waals surface area (Å²) >= 11 is 7.28. The van der Waals surface area contributed by atoms with Crippen LogP contribution in [0.15, 0.2) is 36.4 Å². The maximum atomic E-state index is 12.5. The molecule has 0 radical (unpaired) electrons. The van der Waals surface area contributed by atoms with Crippen LogP contribution in [-0.4, -0.2) is 19.3 Å². The predicted octanol–water partition coefficient (Wildman–Crippen LogP) is 3.34. The highest BCUT2D eigenvalue weighted by Gasteiger charge is 2.21. The van der Waals surface area contributed by atoms with E-state index >= 15 is 0 Å². The minimum Gasteiger partial charge on any atom is -0.399 e. The van der Waals surface area contributed by atoms with E-state index in [0.717, 1.165) is 10.4 Å². The van der Waals surface area contributed by atoms with E-state index in [9.17, 15) is 8.42 Å². The minimum atomic E-state index is -3.37. The van der Waals surface area contributed by atoms with Crippen molar-refractivity contribution in [3.8, 4) is 0 Å². The van der Waals surface area contributed by atoms with Gasteiger partial charge in [0.15, 0.2) is 0 Å². The Morgan fingerprint density at radius 3 is 2.38 bits per heavy atom. The third kappa shape index (κ3) is 4.44. The van der Waals surface area contributed by atoms with E-state index in [-0.39, 0.29) is 5.75 Å². The summed E-state index contributed by atoms with van der Waals surface area (Å²) in [5.74, 6) is -0.0276. The fourth-order valence-electron chi connectivity index (χ4n) is 1.93. The lowest BCUT2D eigenvalue weighted by atomic mass is 10.2. The standard InChI is InChI=1S/C14H17ClN2O2S2/c1-2-17(9-13-7-8-14(15)20-13)21(18,19)10-11-3-5-12(16)6-4-11/h3-8H,2,9-10,16H2,1H3. The van der Waals surface area contributed by atoms with Crippen molar-refractivity contribution in [2.45, 2.75) is 19.2 Å². The lowest BCUT2D eigenvalue weighted by molar-refractivity contribution is 0.425. The van der Waals surface area contributed by atoms with Gasteiger partial charge in [-0.2, -0.15) is 4.31 Å². The maximum absolute atomic E-state index is 12.5. The van der Waals surface area contributed by atoms with Crippen LogP contribution < -0.4 is 5.73 Å². The van der Waals surface area contributed by atoms with Crippen molar-refractivity contribution in [2.75, 3.05) is 12.3 Å². The molecule has 4 nitrogen and oxygen atoms in total. The van der Waals surface area contributed by atoms with Crippen molar-refractivity contribution in [1.29, 1.82) is 0 Å². The zero-order valence-corrected chi connectivity index (χ0v) is 14.0. The fraction of sp³-hybridized carbons (Fsp3) is 0.286. The van der Waals surface area contributed by atoms with E-state index in [1.165, 1.54) is 15.6 Å². The monoisotopic (exact) mass is 344 g/mol. The first kappa shape index (κ1) is 16.3. The van der Waals surface area contributed by atoms with Crippen LogP contribution in [0.25, 0.3) is 0 Å². The molecule has 0 amide bonds. The highest BCUT2D eigenvalue weighted by molar-refractivity contribution is 7.88. The van der Waals surface area contributed by atoms with Crippen molar-refractivity contribution in [3.63, 3.8) is 0 Å². The van der Waals surface area contributed by atoms with Crippen LogP contribution in [0.1, 0.15) is 17.4 Å². The molecule has 0 bridgehead atoms. The van der Waals surface area contributed by atoms with Gasteiger partial charge >= 0.3 is 0 Å². The molecule has 0 atom stereocenters. The Labute approximate surface area is 134 Å². The van der Waals surface area contributed by atoms with Crippen molar-refractivity contribution < 1.29 is 8.42 Å². The van der Waals surface area contributed by atoms with Crippen LogP contribution in [0.4, 0.5) is 5.69 Å². The number of nitrogens with zero attached hydrogens (tertiary/aromatic N) is 1. The number of nitrogen functional groups attached to an aromatic ring is 1. The molecule has 2 N–H and O–H groups in total. The van der Waals surface area contributed by atoms with Crippen LogP contribution in [0.2, 0.25) is 4.34 Å². The Kier molecular flexibility index (Phi) is 5.27. The second kappa shape index (κ2) is 6.79. The molecule has 1 heterocycles. The number of anilines is 1. The summed E-state index contributed by atoms with van der Waals surface area (Å²) in [6.07, 6.45) is 0. The largest absolute Gasteiger partial charge is 0.399 e. The first-order valence-corrected chi connectivity index (χ1v) is 9.27. The number of nitrogens with two attached hydrogens (primary N) is 1. The number of rotatable bonds is 6. The van der Waals surface area contributed by atoms with Gasteiger partial charge in [-0.1, -0.05) is 30.7 Å². The van der Waals surface area contributed by atoms with Crippen LogP contribution in [0.5, 0.6) is 0 Å². The molecule has 7 heteroatoms. The molecule has 0 aliphatic rings. The molecule has 21 heavy (non-hydrogen) atoms. The molecule has 2 aromatic rings. The van der Waals surface area contributed by atoms with Crippen molar-refractivity contribution in [3.05, 3.63) is 51.2 Å². The molecule has 1 aromatic carbocycles. The van der Waals surface area contributed by atoms with Gasteiger partial charge in [-0.25, -0.2) is 8.42 Å². The van der Waals surface area contributed by atoms with Crippen LogP contribution in [0, 0.1) is 0 Å². The molecular formula is C14H17ClN2O2S2. The number of benzene rings is 1. The Balaban J connectivity index is 2.13. The molecule has 0 saturated carbocycles. The summed E-state index contributed by atoms with van der Waals surface area (Å²) in [5.41, 5.74) is 6.96. The normalized spacial score (nSPS) is 12.0. The summed E-state index contributed by atoms with van der Waals surface area (Å²) in [5, 5.41) is 0. The van der Waals surface area contributed by atoms with Crippen molar-refractivity contribution >= 4 is 38.6 Å². The molecular weight excluding hydrogens is 328 g/mol. The van der Waals surface area contributed by atoms with Gasteiger partial charge in [0.1, 0.15) is 0 Å². The fourth-order valence-corrected chi connectivity index (χ4v) is 4.64. The maximum Gasteiger partial charge on any atom is 0.218 e. The van der Waals surface area contributed by atoms with Crippen molar-refractivity contribution in [1.82, 2.24) is 4.31 Å². The van der Waals surface area contributed by atoms with Gasteiger partial charge in [-0.15, -0.1) is 11.3 Å². The average molecular weight is 345 g/mol. The molecule has 0 spiro atoms. The molecule has 0 fully saturated rings. The smallest absolute Gasteiger partial charge is 0.218 e.